The fraction of sp³-hybridized carbons (Fsp3) is 0.143. The molecule has 0 saturated carbocycles. The van der Waals surface area contributed by atoms with E-state index in [1.807, 2.05) is 36.4 Å². The van der Waals surface area contributed by atoms with Crippen molar-refractivity contribution in [2.45, 2.75) is 13.5 Å². The fourth-order valence-corrected chi connectivity index (χ4v) is 4.12. The van der Waals surface area contributed by atoms with Gasteiger partial charge >= 0.3 is 5.97 Å². The molecule has 3 N–H and O–H groups in total. The molecule has 8 nitrogen and oxygen atoms in total. The van der Waals surface area contributed by atoms with Crippen molar-refractivity contribution in [1.29, 1.82) is 0 Å². The van der Waals surface area contributed by atoms with Crippen LogP contribution >= 0.6 is 0 Å². The number of nitrogens with one attached hydrogen (secondary N) is 3. The summed E-state index contributed by atoms with van der Waals surface area (Å²) >= 11 is 0. The molecule has 0 aromatic heterocycles. The Morgan fingerprint density at radius 2 is 1.69 bits per heavy atom. The van der Waals surface area contributed by atoms with Crippen molar-refractivity contribution >= 4 is 34.5 Å². The van der Waals surface area contributed by atoms with Crippen LogP contribution in [0.2, 0.25) is 0 Å². The van der Waals surface area contributed by atoms with Crippen LogP contribution in [0.5, 0.6) is 11.5 Å². The van der Waals surface area contributed by atoms with Crippen molar-refractivity contribution in [2.24, 2.45) is 0 Å². The number of carbonyl (C=O) groups excluding carboxylic acids is 2. The van der Waals surface area contributed by atoms with E-state index in [1.165, 1.54) is 19.6 Å². The first-order valence-electron chi connectivity index (χ1n) is 11.5. The van der Waals surface area contributed by atoms with Gasteiger partial charge < -0.3 is 30.2 Å². The Morgan fingerprint density at radius 1 is 0.944 bits per heavy atom. The topological polar surface area (TPSA) is 97.9 Å². The third kappa shape index (κ3) is 4.54. The van der Waals surface area contributed by atoms with E-state index in [9.17, 15) is 9.59 Å². The van der Waals surface area contributed by atoms with Gasteiger partial charge in [0.05, 0.1) is 29.6 Å². The number of esters is 1. The lowest BCUT2D eigenvalue weighted by atomic mass is 9.98. The van der Waals surface area contributed by atoms with Gasteiger partial charge in [-0.25, -0.2) is 4.79 Å². The van der Waals surface area contributed by atoms with E-state index in [4.69, 9.17) is 14.2 Å². The van der Waals surface area contributed by atoms with Gasteiger partial charge in [-0.05, 0) is 54.6 Å². The zero-order valence-electron chi connectivity index (χ0n) is 19.9. The fourth-order valence-electron chi connectivity index (χ4n) is 4.12. The number of ether oxygens (including phenoxy) is 3. The lowest BCUT2D eigenvalue weighted by Gasteiger charge is -2.18. The molecule has 0 bridgehead atoms. The molecular formula is C28H25N3O5. The quantitative estimate of drug-likeness (QED) is 0.329. The molecule has 0 unspecified atom stereocenters. The maximum atomic E-state index is 13.2. The predicted molar refractivity (Wildman–Crippen MR) is 138 cm³/mol. The second kappa shape index (κ2) is 9.97. The third-order valence-corrected chi connectivity index (χ3v) is 5.92. The Morgan fingerprint density at radius 3 is 2.44 bits per heavy atom. The molecule has 2 heterocycles. The monoisotopic (exact) mass is 483 g/mol. The molecule has 0 fully saturated rings. The van der Waals surface area contributed by atoms with Gasteiger partial charge in [0.25, 0.3) is 5.91 Å². The number of methoxy groups -OCH3 is 1. The van der Waals surface area contributed by atoms with E-state index >= 15 is 0 Å². The summed E-state index contributed by atoms with van der Waals surface area (Å²) in [5.41, 5.74) is 5.33. The highest BCUT2D eigenvalue weighted by Crippen LogP contribution is 2.40. The molecule has 0 atom stereocenters. The molecule has 3 aromatic carbocycles. The molecule has 3 aromatic rings. The normalized spacial score (nSPS) is 14.7. The number of hydrogen-bond donors (Lipinski definition) is 3. The molecule has 0 saturated heterocycles. The van der Waals surface area contributed by atoms with Crippen LogP contribution < -0.4 is 25.4 Å². The van der Waals surface area contributed by atoms with Crippen molar-refractivity contribution < 1.29 is 23.8 Å². The summed E-state index contributed by atoms with van der Waals surface area (Å²) in [6.07, 6.45) is 2.93. The van der Waals surface area contributed by atoms with E-state index < -0.39 is 5.97 Å². The van der Waals surface area contributed by atoms with Crippen molar-refractivity contribution in [1.82, 2.24) is 5.32 Å². The number of fused-ring (bicyclic) bond motifs is 2. The summed E-state index contributed by atoms with van der Waals surface area (Å²) in [4.78, 5) is 25.3. The molecule has 2 aliphatic rings. The van der Waals surface area contributed by atoms with E-state index in [0.717, 1.165) is 29.9 Å². The Kier molecular flexibility index (Phi) is 6.42. The first-order chi connectivity index (χ1) is 17.6. The number of rotatable bonds is 7. The Hall–Kier alpha value is -4.56. The van der Waals surface area contributed by atoms with Gasteiger partial charge in [-0.3, -0.25) is 4.79 Å². The minimum absolute atomic E-state index is 0.284. The molecule has 36 heavy (non-hydrogen) atoms. The average Bonchev–Trinajstić information content (AvgIpc) is 3.25. The second-order valence-electron chi connectivity index (χ2n) is 8.23. The van der Waals surface area contributed by atoms with Gasteiger partial charge in [-0.15, -0.1) is 0 Å². The van der Waals surface area contributed by atoms with Gasteiger partial charge in [-0.1, -0.05) is 25.1 Å². The maximum absolute atomic E-state index is 13.2. The van der Waals surface area contributed by atoms with Crippen molar-refractivity contribution in [3.63, 3.8) is 0 Å². The lowest BCUT2D eigenvalue weighted by molar-refractivity contribution is -0.110. The zero-order chi connectivity index (χ0) is 25.1. The summed E-state index contributed by atoms with van der Waals surface area (Å²) in [5.74, 6) is 0.362. The minimum atomic E-state index is -0.472. The standard InChI is InChI=1S/C28H25N3O5/c1-3-29-16-17-4-8-20(9-5-17)30-26(18-7-11-23-24(15-18)36-13-12-35-23)25-21-10-6-19(28(33)34-2)14-22(21)31-27(25)32/h4-15,29-30H,3,16H2,1-2H3,(H,31,32). The average molecular weight is 484 g/mol. The van der Waals surface area contributed by atoms with Crippen LogP contribution in [0.4, 0.5) is 11.4 Å². The van der Waals surface area contributed by atoms with Crippen LogP contribution in [-0.2, 0) is 16.1 Å². The highest BCUT2D eigenvalue weighted by atomic mass is 16.5. The van der Waals surface area contributed by atoms with Crippen LogP contribution in [-0.4, -0.2) is 25.5 Å². The van der Waals surface area contributed by atoms with Gasteiger partial charge in [-0.2, -0.15) is 0 Å². The smallest absolute Gasteiger partial charge is 0.337 e. The van der Waals surface area contributed by atoms with Crippen LogP contribution in [0, 0.1) is 0 Å². The van der Waals surface area contributed by atoms with Gasteiger partial charge in [0.2, 0.25) is 0 Å². The largest absolute Gasteiger partial charge is 0.465 e. The Bertz CT molecular complexity index is 1390. The minimum Gasteiger partial charge on any atom is -0.465 e. The van der Waals surface area contributed by atoms with E-state index in [-0.39, 0.29) is 5.91 Å². The Labute approximate surface area is 208 Å². The summed E-state index contributed by atoms with van der Waals surface area (Å²) in [7, 11) is 1.32. The van der Waals surface area contributed by atoms with Crippen LogP contribution in [0.25, 0.3) is 11.3 Å². The van der Waals surface area contributed by atoms with Crippen LogP contribution in [0.15, 0.2) is 73.2 Å². The van der Waals surface area contributed by atoms with Crippen molar-refractivity contribution in [2.75, 3.05) is 24.3 Å². The molecular weight excluding hydrogens is 458 g/mol. The Balaban J connectivity index is 1.60. The molecule has 2 aliphatic heterocycles. The molecule has 0 spiro atoms. The summed E-state index contributed by atoms with van der Waals surface area (Å²) in [5, 5.41) is 9.63. The van der Waals surface area contributed by atoms with Gasteiger partial charge in [0.1, 0.15) is 12.5 Å². The van der Waals surface area contributed by atoms with E-state index in [1.54, 1.807) is 24.3 Å². The molecule has 0 aliphatic carbocycles. The molecule has 182 valence electrons. The molecule has 8 heteroatoms. The maximum Gasteiger partial charge on any atom is 0.337 e. The molecule has 1 amide bonds. The SMILES string of the molecule is CCNCc1ccc(NC(=C2C(=O)Nc3cc(C(=O)OC)ccc32)c2ccc3c(c2)OC=CO3)cc1. The summed E-state index contributed by atoms with van der Waals surface area (Å²) in [6, 6.07) is 18.5. The van der Waals surface area contributed by atoms with Crippen molar-refractivity contribution in [3.8, 4) is 11.5 Å². The van der Waals surface area contributed by atoms with Gasteiger partial charge in [0, 0.05) is 23.4 Å². The second-order valence-corrected chi connectivity index (χ2v) is 8.23. The number of benzene rings is 3. The van der Waals surface area contributed by atoms with E-state index in [2.05, 4.69) is 22.9 Å². The molecule has 5 rings (SSSR count). The predicted octanol–water partition coefficient (Wildman–Crippen LogP) is 4.76. The highest BCUT2D eigenvalue weighted by Gasteiger charge is 2.30. The number of anilines is 2. The third-order valence-electron chi connectivity index (χ3n) is 5.92. The highest BCUT2D eigenvalue weighted by molar-refractivity contribution is 6.37. The zero-order valence-corrected chi connectivity index (χ0v) is 19.9. The number of amides is 1. The molecule has 0 radical (unpaired) electrons. The van der Waals surface area contributed by atoms with Crippen LogP contribution in [0.3, 0.4) is 0 Å². The van der Waals surface area contributed by atoms with E-state index in [0.29, 0.717) is 39.6 Å². The van der Waals surface area contributed by atoms with Crippen LogP contribution in [0.1, 0.15) is 34.0 Å². The lowest BCUT2D eigenvalue weighted by Crippen LogP contribution is -2.12. The summed E-state index contributed by atoms with van der Waals surface area (Å²) < 4.78 is 15.9. The first kappa shape index (κ1) is 23.2. The van der Waals surface area contributed by atoms with Gasteiger partial charge in [0.15, 0.2) is 11.5 Å². The first-order valence-corrected chi connectivity index (χ1v) is 11.5. The number of hydrogen-bond acceptors (Lipinski definition) is 7. The van der Waals surface area contributed by atoms with Crippen molar-refractivity contribution in [3.05, 3.63) is 95.4 Å². The number of carbonyl (C=O) groups is 2. The summed E-state index contributed by atoms with van der Waals surface area (Å²) in [6.45, 7) is 3.73.